The van der Waals surface area contributed by atoms with Gasteiger partial charge in [0.25, 0.3) is 0 Å². The highest BCUT2D eigenvalue weighted by Crippen LogP contribution is 2.14. The normalized spacial score (nSPS) is 22.5. The molecule has 0 amide bonds. The van der Waals surface area contributed by atoms with E-state index in [1.165, 1.54) is 24.4 Å². The molecule has 1 N–H and O–H groups in total. The largest absolute Gasteiger partial charge is 0.316 e. The van der Waals surface area contributed by atoms with Crippen molar-refractivity contribution >= 4 is 0 Å². The summed E-state index contributed by atoms with van der Waals surface area (Å²) in [4.78, 5) is 0. The van der Waals surface area contributed by atoms with Crippen molar-refractivity contribution in [3.05, 3.63) is 17.5 Å². The highest BCUT2D eigenvalue weighted by Gasteiger charge is 2.16. The Morgan fingerprint density at radius 2 is 2.54 bits per heavy atom. The summed E-state index contributed by atoms with van der Waals surface area (Å²) in [6, 6.07) is 2.19. The molecule has 2 heterocycles. The number of nitrogens with one attached hydrogen (secondary N) is 1. The van der Waals surface area contributed by atoms with E-state index in [4.69, 9.17) is 0 Å². The fourth-order valence-corrected chi connectivity index (χ4v) is 1.92. The van der Waals surface area contributed by atoms with Crippen LogP contribution in [0.25, 0.3) is 0 Å². The van der Waals surface area contributed by atoms with Crippen LogP contribution in [-0.4, -0.2) is 22.9 Å². The maximum Gasteiger partial charge on any atom is 0.0630 e. The van der Waals surface area contributed by atoms with E-state index in [0.717, 1.165) is 18.9 Å². The number of hydrogen-bond donors (Lipinski definition) is 1. The summed E-state index contributed by atoms with van der Waals surface area (Å²) in [6.07, 6.45) is 2.43. The van der Waals surface area contributed by atoms with Gasteiger partial charge in [0.15, 0.2) is 0 Å². The van der Waals surface area contributed by atoms with Gasteiger partial charge < -0.3 is 5.32 Å². The molecule has 1 fully saturated rings. The van der Waals surface area contributed by atoms with Gasteiger partial charge in [0.2, 0.25) is 0 Å². The van der Waals surface area contributed by atoms with Crippen molar-refractivity contribution in [2.24, 2.45) is 13.0 Å². The first-order valence-electron chi connectivity index (χ1n) is 4.96. The minimum absolute atomic E-state index is 0.800. The van der Waals surface area contributed by atoms with Gasteiger partial charge in [-0.25, -0.2) is 0 Å². The second-order valence-electron chi connectivity index (χ2n) is 3.96. The molecule has 0 aromatic carbocycles. The molecule has 3 heteroatoms. The Labute approximate surface area is 79.1 Å². The van der Waals surface area contributed by atoms with Gasteiger partial charge in [-0.15, -0.1) is 0 Å². The van der Waals surface area contributed by atoms with Crippen molar-refractivity contribution in [1.29, 1.82) is 0 Å². The van der Waals surface area contributed by atoms with E-state index in [1.807, 2.05) is 11.7 Å². The number of rotatable bonds is 2. The first kappa shape index (κ1) is 8.75. The molecule has 1 aliphatic rings. The third kappa shape index (κ3) is 1.91. The second-order valence-corrected chi connectivity index (χ2v) is 3.96. The van der Waals surface area contributed by atoms with Crippen LogP contribution in [0.3, 0.4) is 0 Å². The predicted molar refractivity (Wildman–Crippen MR) is 52.6 cm³/mol. The lowest BCUT2D eigenvalue weighted by Gasteiger charge is -2.03. The van der Waals surface area contributed by atoms with Crippen LogP contribution in [-0.2, 0) is 13.5 Å². The summed E-state index contributed by atoms with van der Waals surface area (Å²) in [5.41, 5.74) is 2.50. The number of aryl methyl sites for hydroxylation is 2. The van der Waals surface area contributed by atoms with Crippen LogP contribution in [0.5, 0.6) is 0 Å². The van der Waals surface area contributed by atoms with Crippen molar-refractivity contribution < 1.29 is 0 Å². The van der Waals surface area contributed by atoms with Gasteiger partial charge in [-0.1, -0.05) is 0 Å². The molecule has 3 nitrogen and oxygen atoms in total. The summed E-state index contributed by atoms with van der Waals surface area (Å²) >= 11 is 0. The fraction of sp³-hybridized carbons (Fsp3) is 0.700. The molecular formula is C10H17N3. The Hall–Kier alpha value is -0.830. The summed E-state index contributed by atoms with van der Waals surface area (Å²) in [5, 5.41) is 7.84. The smallest absolute Gasteiger partial charge is 0.0630 e. The van der Waals surface area contributed by atoms with Crippen LogP contribution in [0, 0.1) is 12.8 Å². The van der Waals surface area contributed by atoms with E-state index in [1.54, 1.807) is 0 Å². The van der Waals surface area contributed by atoms with E-state index >= 15 is 0 Å². The van der Waals surface area contributed by atoms with E-state index in [-0.39, 0.29) is 0 Å². The van der Waals surface area contributed by atoms with E-state index in [2.05, 4.69) is 23.4 Å². The summed E-state index contributed by atoms with van der Waals surface area (Å²) in [6.45, 7) is 4.44. The Kier molecular flexibility index (Phi) is 2.36. The van der Waals surface area contributed by atoms with Gasteiger partial charge in [0.05, 0.1) is 5.69 Å². The molecule has 1 atom stereocenters. The predicted octanol–water partition coefficient (Wildman–Crippen LogP) is 0.881. The maximum absolute atomic E-state index is 4.46. The van der Waals surface area contributed by atoms with Gasteiger partial charge in [-0.3, -0.25) is 4.68 Å². The fourth-order valence-electron chi connectivity index (χ4n) is 1.92. The molecule has 0 saturated carbocycles. The van der Waals surface area contributed by atoms with Crippen LogP contribution in [0.4, 0.5) is 0 Å². The molecular weight excluding hydrogens is 162 g/mol. The molecule has 0 bridgehead atoms. The molecule has 1 aromatic rings. The lowest BCUT2D eigenvalue weighted by Crippen LogP contribution is -2.11. The van der Waals surface area contributed by atoms with Crippen molar-refractivity contribution in [2.75, 3.05) is 13.1 Å². The topological polar surface area (TPSA) is 29.9 Å². The Balaban J connectivity index is 2.00. The van der Waals surface area contributed by atoms with Gasteiger partial charge in [-0.2, -0.15) is 5.10 Å². The van der Waals surface area contributed by atoms with Crippen LogP contribution in [0.1, 0.15) is 17.8 Å². The minimum Gasteiger partial charge on any atom is -0.316 e. The zero-order chi connectivity index (χ0) is 9.26. The molecule has 0 aliphatic carbocycles. The summed E-state index contributed by atoms with van der Waals surface area (Å²) in [5.74, 6) is 0.800. The van der Waals surface area contributed by atoms with Gasteiger partial charge in [-0.05, 0) is 44.8 Å². The Morgan fingerprint density at radius 3 is 3.08 bits per heavy atom. The molecule has 13 heavy (non-hydrogen) atoms. The first-order valence-corrected chi connectivity index (χ1v) is 4.96. The van der Waals surface area contributed by atoms with E-state index < -0.39 is 0 Å². The average Bonchev–Trinajstić information content (AvgIpc) is 2.64. The highest BCUT2D eigenvalue weighted by atomic mass is 15.3. The van der Waals surface area contributed by atoms with Crippen molar-refractivity contribution in [3.8, 4) is 0 Å². The zero-order valence-electron chi connectivity index (χ0n) is 8.38. The minimum atomic E-state index is 0.800. The molecule has 1 aliphatic heterocycles. The molecule has 72 valence electrons. The number of hydrogen-bond acceptors (Lipinski definition) is 2. The summed E-state index contributed by atoms with van der Waals surface area (Å²) in [7, 11) is 2.01. The van der Waals surface area contributed by atoms with Crippen molar-refractivity contribution in [3.63, 3.8) is 0 Å². The Morgan fingerprint density at radius 1 is 1.69 bits per heavy atom. The monoisotopic (exact) mass is 179 g/mol. The zero-order valence-corrected chi connectivity index (χ0v) is 8.38. The molecule has 2 rings (SSSR count). The van der Waals surface area contributed by atoms with Gasteiger partial charge in [0.1, 0.15) is 0 Å². The van der Waals surface area contributed by atoms with Crippen molar-refractivity contribution in [1.82, 2.24) is 15.1 Å². The average molecular weight is 179 g/mol. The number of nitrogens with zero attached hydrogens (tertiary/aromatic N) is 2. The van der Waals surface area contributed by atoms with E-state index in [0.29, 0.717) is 0 Å². The maximum atomic E-state index is 4.46. The SMILES string of the molecule is Cc1cc(CC2CCNC2)nn1C. The molecule has 1 aromatic heterocycles. The lowest BCUT2D eigenvalue weighted by atomic mass is 10.0. The molecule has 0 spiro atoms. The van der Waals surface area contributed by atoms with Gasteiger partial charge in [0, 0.05) is 12.7 Å². The third-order valence-electron chi connectivity index (χ3n) is 2.82. The van der Waals surface area contributed by atoms with Crippen LogP contribution in [0.15, 0.2) is 6.07 Å². The van der Waals surface area contributed by atoms with Crippen LogP contribution in [0.2, 0.25) is 0 Å². The summed E-state index contributed by atoms with van der Waals surface area (Å²) < 4.78 is 1.96. The van der Waals surface area contributed by atoms with Crippen LogP contribution < -0.4 is 5.32 Å². The van der Waals surface area contributed by atoms with E-state index in [9.17, 15) is 0 Å². The highest BCUT2D eigenvalue weighted by molar-refractivity contribution is 5.09. The lowest BCUT2D eigenvalue weighted by molar-refractivity contribution is 0.564. The molecule has 0 radical (unpaired) electrons. The molecule has 1 unspecified atom stereocenters. The number of aromatic nitrogens is 2. The third-order valence-corrected chi connectivity index (χ3v) is 2.82. The van der Waals surface area contributed by atoms with Gasteiger partial charge >= 0.3 is 0 Å². The molecule has 1 saturated heterocycles. The standard InChI is InChI=1S/C10H17N3/c1-8-5-10(12-13(8)2)6-9-3-4-11-7-9/h5,9,11H,3-4,6-7H2,1-2H3. The first-order chi connectivity index (χ1) is 6.25. The van der Waals surface area contributed by atoms with Crippen LogP contribution >= 0.6 is 0 Å². The quantitative estimate of drug-likeness (QED) is 0.730. The van der Waals surface area contributed by atoms with Crippen molar-refractivity contribution in [2.45, 2.75) is 19.8 Å². The Bertz CT molecular complexity index is 265. The second kappa shape index (κ2) is 3.50.